The van der Waals surface area contributed by atoms with Gasteiger partial charge in [0, 0.05) is 32.8 Å². The molecule has 3 nitrogen and oxygen atoms in total. The molecule has 0 bridgehead atoms. The van der Waals surface area contributed by atoms with Gasteiger partial charge in [0.25, 0.3) is 0 Å². The van der Waals surface area contributed by atoms with Gasteiger partial charge in [0.1, 0.15) is 0 Å². The van der Waals surface area contributed by atoms with Crippen LogP contribution in [0, 0.1) is 5.41 Å². The quantitative estimate of drug-likeness (QED) is 0.617. The molecule has 0 spiro atoms. The van der Waals surface area contributed by atoms with Gasteiger partial charge in [-0.05, 0) is 24.8 Å². The molecule has 3 heteroatoms. The topological polar surface area (TPSA) is 24.5 Å². The molecule has 1 N–H and O–H groups in total. The molecule has 0 aromatic rings. The third kappa shape index (κ3) is 6.72. The van der Waals surface area contributed by atoms with Gasteiger partial charge in [0.2, 0.25) is 0 Å². The molecule has 0 aliphatic rings. The Morgan fingerprint density at radius 2 is 1.78 bits per heavy atom. The average molecular weight is 258 g/mol. The van der Waals surface area contributed by atoms with E-state index in [0.29, 0.717) is 11.5 Å². The van der Waals surface area contributed by atoms with Crippen LogP contribution < -0.4 is 5.32 Å². The summed E-state index contributed by atoms with van der Waals surface area (Å²) >= 11 is 0. The molecule has 18 heavy (non-hydrogen) atoms. The number of nitrogens with one attached hydrogen (secondary N) is 1. The molecule has 0 aromatic heterocycles. The Kier molecular flexibility index (Phi) is 9.70. The third-order valence-electron chi connectivity index (χ3n) is 4.00. The number of hydrogen-bond acceptors (Lipinski definition) is 3. The summed E-state index contributed by atoms with van der Waals surface area (Å²) in [5.41, 5.74) is 0.397. The summed E-state index contributed by atoms with van der Waals surface area (Å²) in [7, 11) is 1.78. The van der Waals surface area contributed by atoms with E-state index in [1.165, 1.54) is 19.4 Å². The lowest BCUT2D eigenvalue weighted by atomic mass is 9.81. The molecule has 0 radical (unpaired) electrons. The zero-order valence-corrected chi connectivity index (χ0v) is 13.4. The van der Waals surface area contributed by atoms with E-state index in [4.69, 9.17) is 4.74 Å². The molecule has 0 saturated carbocycles. The third-order valence-corrected chi connectivity index (χ3v) is 4.00. The standard InChI is InChI=1S/C15H34N2O/c1-7-15(8-2,12-16-14(4)5)13-17(9-3)10-11-18-6/h14,16H,7-13H2,1-6H3. The summed E-state index contributed by atoms with van der Waals surface area (Å²) in [4.78, 5) is 2.51. The molecule has 0 fully saturated rings. The molecule has 0 atom stereocenters. The number of nitrogens with zero attached hydrogens (tertiary/aromatic N) is 1. The fraction of sp³-hybridized carbons (Fsp3) is 1.00. The number of likely N-dealkylation sites (N-methyl/N-ethyl adjacent to an activating group) is 1. The lowest BCUT2D eigenvalue weighted by Crippen LogP contribution is -2.45. The fourth-order valence-corrected chi connectivity index (χ4v) is 2.24. The molecule has 0 aromatic carbocycles. The lowest BCUT2D eigenvalue weighted by Gasteiger charge is -2.37. The SMILES string of the molecule is CCN(CCOC)CC(CC)(CC)CNC(C)C. The average Bonchev–Trinajstić information content (AvgIpc) is 2.38. The molecule has 0 unspecified atom stereocenters. The van der Waals surface area contributed by atoms with Crippen molar-refractivity contribution in [1.82, 2.24) is 10.2 Å². The predicted octanol–water partition coefficient (Wildman–Crippen LogP) is 2.76. The summed E-state index contributed by atoms with van der Waals surface area (Å²) in [5, 5.41) is 3.62. The summed E-state index contributed by atoms with van der Waals surface area (Å²) in [6.45, 7) is 16.6. The Morgan fingerprint density at radius 1 is 1.17 bits per heavy atom. The highest BCUT2D eigenvalue weighted by Crippen LogP contribution is 2.27. The molecular weight excluding hydrogens is 224 g/mol. The molecule has 0 aliphatic heterocycles. The van der Waals surface area contributed by atoms with Crippen LogP contribution in [-0.2, 0) is 4.74 Å². The van der Waals surface area contributed by atoms with Crippen LogP contribution in [0.15, 0.2) is 0 Å². The van der Waals surface area contributed by atoms with Gasteiger partial charge in [-0.15, -0.1) is 0 Å². The maximum atomic E-state index is 5.20. The van der Waals surface area contributed by atoms with Crippen LogP contribution >= 0.6 is 0 Å². The zero-order chi connectivity index (χ0) is 14.0. The Balaban J connectivity index is 4.45. The Hall–Kier alpha value is -0.120. The van der Waals surface area contributed by atoms with Crippen molar-refractivity contribution in [3.05, 3.63) is 0 Å². The highest BCUT2D eigenvalue weighted by Gasteiger charge is 2.28. The Morgan fingerprint density at radius 3 is 2.17 bits per heavy atom. The zero-order valence-electron chi connectivity index (χ0n) is 13.4. The summed E-state index contributed by atoms with van der Waals surface area (Å²) in [6.07, 6.45) is 2.46. The maximum absolute atomic E-state index is 5.20. The van der Waals surface area contributed by atoms with Crippen molar-refractivity contribution in [2.45, 2.75) is 53.5 Å². The number of hydrogen-bond donors (Lipinski definition) is 1. The van der Waals surface area contributed by atoms with Gasteiger partial charge in [0.15, 0.2) is 0 Å². The molecule has 0 aliphatic carbocycles. The molecule has 0 amide bonds. The van der Waals surface area contributed by atoms with E-state index in [2.05, 4.69) is 44.8 Å². The van der Waals surface area contributed by atoms with Crippen molar-refractivity contribution in [3.8, 4) is 0 Å². The fourth-order valence-electron chi connectivity index (χ4n) is 2.24. The van der Waals surface area contributed by atoms with Crippen molar-refractivity contribution in [1.29, 1.82) is 0 Å². The lowest BCUT2D eigenvalue weighted by molar-refractivity contribution is 0.100. The molecular formula is C15H34N2O. The van der Waals surface area contributed by atoms with Crippen molar-refractivity contribution in [3.63, 3.8) is 0 Å². The van der Waals surface area contributed by atoms with E-state index in [1.807, 2.05) is 0 Å². The monoisotopic (exact) mass is 258 g/mol. The molecule has 0 saturated heterocycles. The van der Waals surface area contributed by atoms with Gasteiger partial charge in [-0.1, -0.05) is 34.6 Å². The number of rotatable bonds is 11. The summed E-state index contributed by atoms with van der Waals surface area (Å²) < 4.78 is 5.20. The van der Waals surface area contributed by atoms with Gasteiger partial charge in [-0.3, -0.25) is 0 Å². The molecule has 0 rings (SSSR count). The first kappa shape index (κ1) is 17.9. The van der Waals surface area contributed by atoms with E-state index in [-0.39, 0.29) is 0 Å². The minimum absolute atomic E-state index is 0.397. The highest BCUT2D eigenvalue weighted by atomic mass is 16.5. The van der Waals surface area contributed by atoms with Gasteiger partial charge in [0.05, 0.1) is 6.61 Å². The van der Waals surface area contributed by atoms with Crippen LogP contribution in [0.3, 0.4) is 0 Å². The Labute approximate surface area is 114 Å². The van der Waals surface area contributed by atoms with Crippen molar-refractivity contribution in [2.24, 2.45) is 5.41 Å². The van der Waals surface area contributed by atoms with Crippen LogP contribution in [0.2, 0.25) is 0 Å². The van der Waals surface area contributed by atoms with E-state index >= 15 is 0 Å². The predicted molar refractivity (Wildman–Crippen MR) is 80.1 cm³/mol. The van der Waals surface area contributed by atoms with Crippen LogP contribution in [0.4, 0.5) is 0 Å². The van der Waals surface area contributed by atoms with E-state index < -0.39 is 0 Å². The molecule has 0 heterocycles. The van der Waals surface area contributed by atoms with E-state index in [1.54, 1.807) is 7.11 Å². The largest absolute Gasteiger partial charge is 0.383 e. The summed E-state index contributed by atoms with van der Waals surface area (Å²) in [6, 6.07) is 0.566. The summed E-state index contributed by atoms with van der Waals surface area (Å²) in [5.74, 6) is 0. The second kappa shape index (κ2) is 9.76. The minimum Gasteiger partial charge on any atom is -0.383 e. The minimum atomic E-state index is 0.397. The van der Waals surface area contributed by atoms with Crippen LogP contribution in [0.5, 0.6) is 0 Å². The highest BCUT2D eigenvalue weighted by molar-refractivity contribution is 4.83. The van der Waals surface area contributed by atoms with E-state index in [0.717, 1.165) is 26.2 Å². The van der Waals surface area contributed by atoms with Gasteiger partial charge >= 0.3 is 0 Å². The van der Waals surface area contributed by atoms with Gasteiger partial charge in [-0.25, -0.2) is 0 Å². The number of methoxy groups -OCH3 is 1. The Bertz CT molecular complexity index is 191. The smallest absolute Gasteiger partial charge is 0.0589 e. The number of ether oxygens (including phenoxy) is 1. The van der Waals surface area contributed by atoms with E-state index in [9.17, 15) is 0 Å². The second-order valence-electron chi connectivity index (χ2n) is 5.60. The van der Waals surface area contributed by atoms with Crippen molar-refractivity contribution >= 4 is 0 Å². The molecule has 110 valence electrons. The van der Waals surface area contributed by atoms with Gasteiger partial charge in [-0.2, -0.15) is 0 Å². The van der Waals surface area contributed by atoms with Crippen LogP contribution in [0.25, 0.3) is 0 Å². The normalized spacial score (nSPS) is 12.7. The van der Waals surface area contributed by atoms with Crippen LogP contribution in [0.1, 0.15) is 47.5 Å². The first-order valence-electron chi connectivity index (χ1n) is 7.48. The van der Waals surface area contributed by atoms with Crippen LogP contribution in [-0.4, -0.2) is 50.8 Å². The maximum Gasteiger partial charge on any atom is 0.0589 e. The van der Waals surface area contributed by atoms with Gasteiger partial charge < -0.3 is 15.0 Å². The second-order valence-corrected chi connectivity index (χ2v) is 5.60. The van der Waals surface area contributed by atoms with Crippen molar-refractivity contribution < 1.29 is 4.74 Å². The first-order chi connectivity index (χ1) is 8.53. The first-order valence-corrected chi connectivity index (χ1v) is 7.48. The van der Waals surface area contributed by atoms with Crippen molar-refractivity contribution in [2.75, 3.05) is 39.9 Å².